The number of aromatic nitrogens is 7. The number of nitrogens with one attached hydrogen (secondary N) is 2. The fourth-order valence-electron chi connectivity index (χ4n) is 5.17. The number of likely N-dealkylation sites (tertiary alicyclic amines) is 1. The number of halogens is 1. The second-order valence-electron chi connectivity index (χ2n) is 9.84. The predicted octanol–water partition coefficient (Wildman–Crippen LogP) is 4.94. The Labute approximate surface area is 227 Å². The molecule has 200 valence electrons. The fraction of sp³-hybridized carbons (Fsp3) is 0.207. The third kappa shape index (κ3) is 4.60. The molecule has 1 aliphatic heterocycles. The number of H-pyrrole nitrogens is 2. The third-order valence-electron chi connectivity index (χ3n) is 7.12. The van der Waals surface area contributed by atoms with Crippen LogP contribution in [-0.2, 0) is 0 Å². The predicted molar refractivity (Wildman–Crippen MR) is 148 cm³/mol. The molecule has 0 saturated carbocycles. The number of hydrogen-bond acceptors (Lipinski definition) is 8. The Morgan fingerprint density at radius 1 is 0.975 bits per heavy atom. The molecule has 1 aliphatic rings. The maximum Gasteiger partial charge on any atom is 0.181 e. The molecular formula is C29H25FN8O2. The van der Waals surface area contributed by atoms with Crippen LogP contribution in [0.15, 0.2) is 61.2 Å². The van der Waals surface area contributed by atoms with Crippen LogP contribution in [0, 0.1) is 5.82 Å². The number of benzene rings is 1. The van der Waals surface area contributed by atoms with E-state index >= 15 is 0 Å². The van der Waals surface area contributed by atoms with Crippen molar-refractivity contribution in [3.8, 4) is 45.4 Å². The van der Waals surface area contributed by atoms with Crippen LogP contribution in [-0.4, -0.2) is 71.4 Å². The number of aromatic amines is 2. The molecule has 0 bridgehead atoms. The first-order valence-electron chi connectivity index (χ1n) is 13.1. The van der Waals surface area contributed by atoms with E-state index in [9.17, 15) is 9.50 Å². The Kier molecular flexibility index (Phi) is 6.05. The molecule has 11 heteroatoms. The summed E-state index contributed by atoms with van der Waals surface area (Å²) in [6.07, 6.45) is 8.81. The van der Waals surface area contributed by atoms with Crippen molar-refractivity contribution in [3.63, 3.8) is 0 Å². The number of hydrogen-bond donors (Lipinski definition) is 3. The van der Waals surface area contributed by atoms with E-state index in [1.807, 2.05) is 12.1 Å². The van der Waals surface area contributed by atoms with Crippen molar-refractivity contribution in [2.45, 2.75) is 12.8 Å². The summed E-state index contributed by atoms with van der Waals surface area (Å²) < 4.78 is 20.6. The number of rotatable bonds is 7. The molecule has 1 saturated heterocycles. The van der Waals surface area contributed by atoms with E-state index in [0.29, 0.717) is 46.3 Å². The lowest BCUT2D eigenvalue weighted by atomic mass is 10.1. The summed E-state index contributed by atoms with van der Waals surface area (Å²) in [4.78, 5) is 23.6. The Morgan fingerprint density at radius 3 is 2.73 bits per heavy atom. The molecule has 6 heterocycles. The number of pyridine rings is 3. The third-order valence-corrected chi connectivity index (χ3v) is 7.12. The average molecular weight is 537 g/mol. The summed E-state index contributed by atoms with van der Waals surface area (Å²) in [5, 5.41) is 18.0. The van der Waals surface area contributed by atoms with Crippen molar-refractivity contribution in [1.29, 1.82) is 0 Å². The Morgan fingerprint density at radius 2 is 1.85 bits per heavy atom. The monoisotopic (exact) mass is 536 g/mol. The lowest BCUT2D eigenvalue weighted by Gasteiger charge is -2.15. The van der Waals surface area contributed by atoms with Crippen molar-refractivity contribution < 1.29 is 14.2 Å². The number of imidazole rings is 1. The normalized spacial score (nSPS) is 13.9. The molecule has 10 nitrogen and oxygen atoms in total. The average Bonchev–Trinajstić information content (AvgIpc) is 3.72. The van der Waals surface area contributed by atoms with Gasteiger partial charge in [0.1, 0.15) is 35.1 Å². The first-order valence-corrected chi connectivity index (χ1v) is 13.1. The molecule has 5 aromatic heterocycles. The molecule has 40 heavy (non-hydrogen) atoms. The maximum atomic E-state index is 14.7. The van der Waals surface area contributed by atoms with Crippen molar-refractivity contribution in [2.24, 2.45) is 0 Å². The molecule has 0 spiro atoms. The highest BCUT2D eigenvalue weighted by Crippen LogP contribution is 2.33. The summed E-state index contributed by atoms with van der Waals surface area (Å²) in [6.45, 7) is 3.48. The van der Waals surface area contributed by atoms with Crippen molar-refractivity contribution in [2.75, 3.05) is 26.2 Å². The minimum atomic E-state index is -0.400. The van der Waals surface area contributed by atoms with Crippen LogP contribution in [0.5, 0.6) is 11.5 Å². The second kappa shape index (κ2) is 10.0. The van der Waals surface area contributed by atoms with Gasteiger partial charge in [-0.1, -0.05) is 0 Å². The molecular weight excluding hydrogens is 511 g/mol. The Hall–Kier alpha value is -4.90. The van der Waals surface area contributed by atoms with Crippen LogP contribution in [0.2, 0.25) is 0 Å². The van der Waals surface area contributed by atoms with Crippen molar-refractivity contribution >= 4 is 22.1 Å². The highest BCUT2D eigenvalue weighted by Gasteiger charge is 2.18. The van der Waals surface area contributed by atoms with Gasteiger partial charge in [-0.15, -0.1) is 0 Å². The van der Waals surface area contributed by atoms with E-state index in [1.165, 1.54) is 31.2 Å². The minimum absolute atomic E-state index is 0.0693. The number of nitrogens with zero attached hydrogens (tertiary/aromatic N) is 6. The molecule has 0 amide bonds. The van der Waals surface area contributed by atoms with E-state index in [2.05, 4.69) is 35.0 Å². The molecule has 1 fully saturated rings. The van der Waals surface area contributed by atoms with Crippen LogP contribution in [0.25, 0.3) is 56.0 Å². The fourth-order valence-corrected chi connectivity index (χ4v) is 5.17. The van der Waals surface area contributed by atoms with Gasteiger partial charge in [-0.2, -0.15) is 5.10 Å². The molecule has 0 aliphatic carbocycles. The van der Waals surface area contributed by atoms with Crippen LogP contribution < -0.4 is 4.74 Å². The zero-order valence-corrected chi connectivity index (χ0v) is 21.4. The van der Waals surface area contributed by atoms with Crippen LogP contribution in [0.3, 0.4) is 0 Å². The van der Waals surface area contributed by atoms with E-state index in [1.54, 1.807) is 30.7 Å². The summed E-state index contributed by atoms with van der Waals surface area (Å²) in [5.74, 6) is 0.671. The lowest BCUT2D eigenvalue weighted by molar-refractivity contribution is 0.237. The Balaban J connectivity index is 1.23. The number of aromatic hydroxyl groups is 1. The standard InChI is InChI=1S/C29H25FN8O2/c30-20-9-17(11-22(13-20)40-8-7-38-5-1-2-6-38)25-27-24(3-4-32-25)34-29(35-27)26-23-12-19(15-33-28(23)37-36-26)18-10-21(39)16-31-14-18/h3-4,9-16,39H,1-2,5-8H2,(H,34,35)(H,33,36,37). The second-order valence-corrected chi connectivity index (χ2v) is 9.84. The van der Waals surface area contributed by atoms with Crippen LogP contribution >= 0.6 is 0 Å². The molecule has 0 atom stereocenters. The first kappa shape index (κ1) is 24.2. The van der Waals surface area contributed by atoms with Crippen LogP contribution in [0.1, 0.15) is 12.8 Å². The van der Waals surface area contributed by atoms with E-state index in [4.69, 9.17) is 9.72 Å². The molecule has 0 radical (unpaired) electrons. The summed E-state index contributed by atoms with van der Waals surface area (Å²) in [5.41, 5.74) is 5.11. The quantitative estimate of drug-likeness (QED) is 0.262. The van der Waals surface area contributed by atoms with Crippen LogP contribution in [0.4, 0.5) is 4.39 Å². The Bertz CT molecular complexity index is 1840. The van der Waals surface area contributed by atoms with Gasteiger partial charge >= 0.3 is 0 Å². The largest absolute Gasteiger partial charge is 0.506 e. The lowest BCUT2D eigenvalue weighted by Crippen LogP contribution is -2.25. The van der Waals surface area contributed by atoms with Gasteiger partial charge in [0.25, 0.3) is 0 Å². The van der Waals surface area contributed by atoms with Gasteiger partial charge in [-0.05, 0) is 56.3 Å². The van der Waals surface area contributed by atoms with Gasteiger partial charge in [0, 0.05) is 47.9 Å². The van der Waals surface area contributed by atoms with Gasteiger partial charge in [-0.3, -0.25) is 20.0 Å². The summed E-state index contributed by atoms with van der Waals surface area (Å²) in [7, 11) is 0. The zero-order chi connectivity index (χ0) is 27.1. The summed E-state index contributed by atoms with van der Waals surface area (Å²) >= 11 is 0. The molecule has 7 rings (SSSR count). The van der Waals surface area contributed by atoms with E-state index in [-0.39, 0.29) is 5.75 Å². The van der Waals surface area contributed by atoms with Gasteiger partial charge in [0.05, 0.1) is 22.8 Å². The number of fused-ring (bicyclic) bond motifs is 2. The molecule has 1 aromatic carbocycles. The van der Waals surface area contributed by atoms with Gasteiger partial charge in [-0.25, -0.2) is 14.4 Å². The van der Waals surface area contributed by atoms with Gasteiger partial charge in [0.15, 0.2) is 11.5 Å². The maximum absolute atomic E-state index is 14.7. The number of ether oxygens (including phenoxy) is 1. The summed E-state index contributed by atoms with van der Waals surface area (Å²) in [6, 6.07) is 10.00. The van der Waals surface area contributed by atoms with Crippen molar-refractivity contribution in [3.05, 3.63) is 67.0 Å². The molecule has 6 aromatic rings. The first-order chi connectivity index (χ1) is 19.6. The van der Waals surface area contributed by atoms with Crippen molar-refractivity contribution in [1.82, 2.24) is 40.0 Å². The highest BCUT2D eigenvalue weighted by atomic mass is 19.1. The zero-order valence-electron chi connectivity index (χ0n) is 21.4. The molecule has 3 N–H and O–H groups in total. The molecule has 0 unspecified atom stereocenters. The SMILES string of the molecule is Oc1cncc(-c2cnc3n[nH]c(-c4nc5c(-c6cc(F)cc(OCCN7CCCC7)c6)nccc5[nH]4)c3c2)c1. The van der Waals surface area contributed by atoms with E-state index in [0.717, 1.165) is 41.7 Å². The highest BCUT2D eigenvalue weighted by molar-refractivity contribution is 5.96. The topological polar surface area (TPSA) is 129 Å². The minimum Gasteiger partial charge on any atom is -0.506 e. The smallest absolute Gasteiger partial charge is 0.181 e. The van der Waals surface area contributed by atoms with Gasteiger partial charge < -0.3 is 14.8 Å². The van der Waals surface area contributed by atoms with E-state index < -0.39 is 5.82 Å². The van der Waals surface area contributed by atoms with Gasteiger partial charge in [0.2, 0.25) is 0 Å².